The topological polar surface area (TPSA) is 53.4 Å². The highest BCUT2D eigenvalue weighted by molar-refractivity contribution is 6.33. The number of rotatable bonds is 5. The second-order valence-corrected chi connectivity index (χ2v) is 4.71. The van der Waals surface area contributed by atoms with Crippen molar-refractivity contribution in [3.05, 3.63) is 22.8 Å². The molecule has 20 heavy (non-hydrogen) atoms. The third-order valence-corrected chi connectivity index (χ3v) is 3.02. The van der Waals surface area contributed by atoms with Crippen LogP contribution >= 0.6 is 11.6 Å². The van der Waals surface area contributed by atoms with Gasteiger partial charge in [0.1, 0.15) is 5.82 Å². The summed E-state index contributed by atoms with van der Waals surface area (Å²) in [5.74, 6) is -1.53. The van der Waals surface area contributed by atoms with E-state index in [1.807, 2.05) is 0 Å². The fourth-order valence-corrected chi connectivity index (χ4v) is 1.88. The number of alkyl halides is 3. The number of nitrogens with zero attached hydrogens (tertiary/aromatic N) is 2. The number of carboxylic acids is 1. The van der Waals surface area contributed by atoms with Gasteiger partial charge in [0.2, 0.25) is 0 Å². The minimum atomic E-state index is -4.51. The summed E-state index contributed by atoms with van der Waals surface area (Å²) >= 11 is 5.82. The lowest BCUT2D eigenvalue weighted by molar-refractivity contribution is -0.140. The number of hydrogen-bond donors (Lipinski definition) is 1. The summed E-state index contributed by atoms with van der Waals surface area (Å²) in [6, 6.07) is 0.790. The summed E-state index contributed by atoms with van der Waals surface area (Å²) in [5, 5.41) is 8.71. The Balaban J connectivity index is 3.02. The average Bonchev–Trinajstić information content (AvgIpc) is 2.34. The number of carbonyl (C=O) groups is 1. The highest BCUT2D eigenvalue weighted by atomic mass is 35.5. The SMILES string of the molecule is CCN(CC(C)C(=O)O)c1ncc(C(F)(F)F)cc1Cl. The molecule has 1 unspecified atom stereocenters. The number of carboxylic acid groups (broad SMARTS) is 1. The van der Waals surface area contributed by atoms with Crippen LogP contribution in [0.4, 0.5) is 19.0 Å². The highest BCUT2D eigenvalue weighted by Crippen LogP contribution is 2.33. The van der Waals surface area contributed by atoms with Crippen LogP contribution in [0.25, 0.3) is 0 Å². The molecule has 1 aromatic heterocycles. The molecule has 0 aromatic carbocycles. The molecule has 0 bridgehead atoms. The van der Waals surface area contributed by atoms with Gasteiger partial charge in [0.05, 0.1) is 16.5 Å². The maximum Gasteiger partial charge on any atom is 0.417 e. The molecule has 1 N–H and O–H groups in total. The van der Waals surface area contributed by atoms with E-state index in [4.69, 9.17) is 16.7 Å². The van der Waals surface area contributed by atoms with E-state index in [0.717, 1.165) is 6.07 Å². The van der Waals surface area contributed by atoms with Crippen molar-refractivity contribution in [2.24, 2.45) is 5.92 Å². The molecule has 0 saturated carbocycles. The third kappa shape index (κ3) is 4.00. The van der Waals surface area contributed by atoms with Crippen LogP contribution in [0.3, 0.4) is 0 Å². The summed E-state index contributed by atoms with van der Waals surface area (Å²) in [6.45, 7) is 3.74. The Kier molecular flexibility index (Phi) is 5.21. The van der Waals surface area contributed by atoms with Gasteiger partial charge in [0.25, 0.3) is 0 Å². The largest absolute Gasteiger partial charge is 0.481 e. The lowest BCUT2D eigenvalue weighted by Gasteiger charge is -2.25. The lowest BCUT2D eigenvalue weighted by atomic mass is 10.1. The summed E-state index contributed by atoms with van der Waals surface area (Å²) in [5.41, 5.74) is -0.936. The molecule has 112 valence electrons. The molecule has 1 heterocycles. The summed E-state index contributed by atoms with van der Waals surface area (Å²) in [4.78, 5) is 16.1. The maximum absolute atomic E-state index is 12.5. The normalized spacial score (nSPS) is 13.1. The number of aliphatic carboxylic acids is 1. The van der Waals surface area contributed by atoms with Gasteiger partial charge in [-0.05, 0) is 13.0 Å². The van der Waals surface area contributed by atoms with E-state index < -0.39 is 23.6 Å². The van der Waals surface area contributed by atoms with Crippen LogP contribution in [0.15, 0.2) is 12.3 Å². The first kappa shape index (κ1) is 16.6. The second kappa shape index (κ2) is 6.30. The number of anilines is 1. The standard InChI is InChI=1S/C12H14ClF3N2O2/c1-3-18(6-7(2)11(19)20)10-9(13)4-8(5-17-10)12(14,15)16/h4-5,7H,3,6H2,1-2H3,(H,19,20). The van der Waals surface area contributed by atoms with Gasteiger partial charge >= 0.3 is 12.1 Å². The van der Waals surface area contributed by atoms with Gasteiger partial charge in [0.15, 0.2) is 0 Å². The maximum atomic E-state index is 12.5. The van der Waals surface area contributed by atoms with Gasteiger partial charge in [0, 0.05) is 19.3 Å². The Bertz CT molecular complexity index is 494. The molecular formula is C12H14ClF3N2O2. The molecule has 0 aliphatic heterocycles. The van der Waals surface area contributed by atoms with Gasteiger partial charge in [-0.25, -0.2) is 4.98 Å². The van der Waals surface area contributed by atoms with E-state index in [1.165, 1.54) is 11.8 Å². The second-order valence-electron chi connectivity index (χ2n) is 4.31. The van der Waals surface area contributed by atoms with Crippen LogP contribution in [-0.2, 0) is 11.0 Å². The number of hydrogen-bond acceptors (Lipinski definition) is 3. The number of pyridine rings is 1. The number of aromatic nitrogens is 1. The number of halogens is 4. The van der Waals surface area contributed by atoms with Gasteiger partial charge in [-0.1, -0.05) is 18.5 Å². The Morgan fingerprint density at radius 1 is 1.55 bits per heavy atom. The van der Waals surface area contributed by atoms with Gasteiger partial charge in [-0.2, -0.15) is 13.2 Å². The van der Waals surface area contributed by atoms with Crippen molar-refractivity contribution >= 4 is 23.4 Å². The molecule has 1 atom stereocenters. The summed E-state index contributed by atoms with van der Waals surface area (Å²) in [7, 11) is 0. The van der Waals surface area contributed by atoms with Crippen molar-refractivity contribution in [3.8, 4) is 0 Å². The molecular weight excluding hydrogens is 297 g/mol. The molecule has 0 radical (unpaired) electrons. The summed E-state index contributed by atoms with van der Waals surface area (Å²) < 4.78 is 37.5. The van der Waals surface area contributed by atoms with Crippen molar-refractivity contribution in [1.29, 1.82) is 0 Å². The molecule has 0 spiro atoms. The zero-order valence-electron chi connectivity index (χ0n) is 10.9. The zero-order valence-corrected chi connectivity index (χ0v) is 11.7. The smallest absolute Gasteiger partial charge is 0.417 e. The van der Waals surface area contributed by atoms with Gasteiger partial charge in [-0.3, -0.25) is 4.79 Å². The van der Waals surface area contributed by atoms with Crippen LogP contribution in [0, 0.1) is 5.92 Å². The van der Waals surface area contributed by atoms with Crippen LogP contribution in [0.5, 0.6) is 0 Å². The summed E-state index contributed by atoms with van der Waals surface area (Å²) in [6.07, 6.45) is -3.82. The van der Waals surface area contributed by atoms with Crippen LogP contribution in [-0.4, -0.2) is 29.1 Å². The van der Waals surface area contributed by atoms with Crippen LogP contribution in [0.2, 0.25) is 5.02 Å². The molecule has 8 heteroatoms. The first-order chi connectivity index (χ1) is 9.16. The molecule has 0 fully saturated rings. The Labute approximate surface area is 119 Å². The minimum Gasteiger partial charge on any atom is -0.481 e. The van der Waals surface area contributed by atoms with E-state index in [-0.39, 0.29) is 17.4 Å². The Morgan fingerprint density at radius 2 is 2.15 bits per heavy atom. The van der Waals surface area contributed by atoms with Gasteiger partial charge < -0.3 is 10.0 Å². The van der Waals surface area contributed by atoms with E-state index in [9.17, 15) is 18.0 Å². The first-order valence-corrected chi connectivity index (χ1v) is 6.25. The van der Waals surface area contributed by atoms with E-state index in [0.29, 0.717) is 12.7 Å². The minimum absolute atomic E-state index is 0.115. The van der Waals surface area contributed by atoms with Gasteiger partial charge in [-0.15, -0.1) is 0 Å². The first-order valence-electron chi connectivity index (χ1n) is 5.87. The fraction of sp³-hybridized carbons (Fsp3) is 0.500. The Morgan fingerprint density at radius 3 is 2.55 bits per heavy atom. The molecule has 0 saturated heterocycles. The van der Waals surface area contributed by atoms with Crippen molar-refractivity contribution < 1.29 is 23.1 Å². The predicted molar refractivity (Wildman–Crippen MR) is 68.9 cm³/mol. The van der Waals surface area contributed by atoms with Crippen LogP contribution < -0.4 is 4.90 Å². The molecule has 4 nitrogen and oxygen atoms in total. The van der Waals surface area contributed by atoms with Crippen molar-refractivity contribution in [3.63, 3.8) is 0 Å². The molecule has 0 aliphatic carbocycles. The van der Waals surface area contributed by atoms with E-state index >= 15 is 0 Å². The average molecular weight is 311 g/mol. The van der Waals surface area contributed by atoms with Crippen molar-refractivity contribution in [2.45, 2.75) is 20.0 Å². The monoisotopic (exact) mass is 310 g/mol. The molecule has 1 rings (SSSR count). The highest BCUT2D eigenvalue weighted by Gasteiger charge is 2.32. The molecule has 0 aliphatic rings. The fourth-order valence-electron chi connectivity index (χ4n) is 1.59. The predicted octanol–water partition coefficient (Wildman–Crippen LogP) is 3.30. The van der Waals surface area contributed by atoms with Crippen LogP contribution in [0.1, 0.15) is 19.4 Å². The van der Waals surface area contributed by atoms with Crippen molar-refractivity contribution in [1.82, 2.24) is 4.98 Å². The quantitative estimate of drug-likeness (QED) is 0.906. The third-order valence-electron chi connectivity index (χ3n) is 2.75. The van der Waals surface area contributed by atoms with E-state index in [1.54, 1.807) is 6.92 Å². The lowest BCUT2D eigenvalue weighted by Crippen LogP contribution is -2.32. The molecule has 0 amide bonds. The van der Waals surface area contributed by atoms with E-state index in [2.05, 4.69) is 4.98 Å². The Hall–Kier alpha value is -1.50. The van der Waals surface area contributed by atoms with Crippen molar-refractivity contribution in [2.75, 3.05) is 18.0 Å². The molecule has 1 aromatic rings. The zero-order chi connectivity index (χ0) is 15.5.